The van der Waals surface area contributed by atoms with E-state index in [-0.39, 0.29) is 0 Å². The van der Waals surface area contributed by atoms with Crippen LogP contribution in [0.25, 0.3) is 16.2 Å². The van der Waals surface area contributed by atoms with Crippen LogP contribution in [0.5, 0.6) is 0 Å². The number of aliphatic carboxylic acids is 1. The summed E-state index contributed by atoms with van der Waals surface area (Å²) in [6.07, 6.45) is 4.17. The molecule has 0 amide bonds. The lowest BCUT2D eigenvalue weighted by molar-refractivity contribution is -0.131. The first-order chi connectivity index (χ1) is 7.59. The van der Waals surface area contributed by atoms with Crippen molar-refractivity contribution in [1.29, 1.82) is 0 Å². The van der Waals surface area contributed by atoms with Crippen molar-refractivity contribution in [2.45, 2.75) is 0 Å². The van der Waals surface area contributed by atoms with Crippen LogP contribution in [0.3, 0.4) is 0 Å². The average Bonchev–Trinajstić information content (AvgIpc) is 2.61. The Morgan fingerprint density at radius 2 is 2.38 bits per heavy atom. The van der Waals surface area contributed by atoms with Crippen LogP contribution >= 0.6 is 27.3 Å². The maximum atomic E-state index is 10.4. The largest absolute Gasteiger partial charge is 0.478 e. The Labute approximate surface area is 104 Å². The molecule has 0 aliphatic heterocycles. The van der Waals surface area contributed by atoms with Gasteiger partial charge in [0, 0.05) is 37.8 Å². The van der Waals surface area contributed by atoms with E-state index in [1.807, 2.05) is 5.38 Å². The van der Waals surface area contributed by atoms with Gasteiger partial charge in [-0.25, -0.2) is 9.78 Å². The molecular weight excluding hydrogens is 292 g/mol. The second kappa shape index (κ2) is 4.23. The molecule has 2 aromatic rings. The second-order valence-corrected chi connectivity index (χ2v) is 4.79. The Hall–Kier alpha value is -1.40. The minimum Gasteiger partial charge on any atom is -0.478 e. The molecule has 82 valence electrons. The summed E-state index contributed by atoms with van der Waals surface area (Å²) in [6.45, 7) is 0. The molecule has 0 saturated heterocycles. The first-order valence-corrected chi connectivity index (χ1v) is 5.99. The molecule has 2 rings (SSSR count). The van der Waals surface area contributed by atoms with E-state index >= 15 is 0 Å². The summed E-state index contributed by atoms with van der Waals surface area (Å²) in [7, 11) is 0. The standard InChI is InChI=1S/C10H7BrN2O2S/c11-6-4-16-9-5(1-2-7(14)15)3-13-10(12)8(6)9/h1-4H,(H2,12,13)(H,14,15)/b2-1+. The highest BCUT2D eigenvalue weighted by atomic mass is 79.9. The van der Waals surface area contributed by atoms with E-state index in [9.17, 15) is 4.79 Å². The topological polar surface area (TPSA) is 76.2 Å². The number of thiophene rings is 1. The monoisotopic (exact) mass is 298 g/mol. The molecule has 0 fully saturated rings. The summed E-state index contributed by atoms with van der Waals surface area (Å²) >= 11 is 4.88. The van der Waals surface area contributed by atoms with E-state index in [1.165, 1.54) is 17.4 Å². The summed E-state index contributed by atoms with van der Waals surface area (Å²) in [5.74, 6) is -0.545. The molecule has 0 atom stereocenters. The van der Waals surface area contributed by atoms with Crippen molar-refractivity contribution in [3.63, 3.8) is 0 Å². The number of hydrogen-bond acceptors (Lipinski definition) is 4. The van der Waals surface area contributed by atoms with Crippen molar-refractivity contribution in [2.24, 2.45) is 0 Å². The number of hydrogen-bond donors (Lipinski definition) is 2. The highest BCUT2D eigenvalue weighted by Crippen LogP contribution is 2.35. The van der Waals surface area contributed by atoms with Gasteiger partial charge in [0.1, 0.15) is 5.82 Å². The number of carboxylic acids is 1. The SMILES string of the molecule is Nc1ncc(/C=C/C(=O)O)c2scc(Br)c12. The van der Waals surface area contributed by atoms with Crippen LogP contribution in [0.4, 0.5) is 5.82 Å². The third-order valence-electron chi connectivity index (χ3n) is 2.01. The van der Waals surface area contributed by atoms with E-state index in [0.717, 1.165) is 26.2 Å². The molecule has 0 unspecified atom stereocenters. The molecule has 4 nitrogen and oxygen atoms in total. The zero-order valence-electron chi connectivity index (χ0n) is 7.98. The Morgan fingerprint density at radius 1 is 1.62 bits per heavy atom. The number of nitrogens with two attached hydrogens (primary N) is 1. The van der Waals surface area contributed by atoms with Crippen molar-refractivity contribution >= 4 is 55.2 Å². The number of fused-ring (bicyclic) bond motifs is 1. The molecule has 0 spiro atoms. The summed E-state index contributed by atoms with van der Waals surface area (Å²) in [5.41, 5.74) is 6.50. The normalized spacial score (nSPS) is 11.3. The molecular formula is C10H7BrN2O2S. The fraction of sp³-hybridized carbons (Fsp3) is 0. The van der Waals surface area contributed by atoms with Crippen LogP contribution in [0.2, 0.25) is 0 Å². The van der Waals surface area contributed by atoms with Crippen LogP contribution in [-0.4, -0.2) is 16.1 Å². The molecule has 0 saturated carbocycles. The number of nitrogen functional groups attached to an aromatic ring is 1. The Morgan fingerprint density at radius 3 is 3.06 bits per heavy atom. The van der Waals surface area contributed by atoms with Gasteiger partial charge in [0.15, 0.2) is 0 Å². The van der Waals surface area contributed by atoms with Gasteiger partial charge in [-0.15, -0.1) is 11.3 Å². The van der Waals surface area contributed by atoms with Crippen molar-refractivity contribution in [2.75, 3.05) is 5.73 Å². The summed E-state index contributed by atoms with van der Waals surface area (Å²) in [5, 5.41) is 11.3. The van der Waals surface area contributed by atoms with Gasteiger partial charge in [-0.05, 0) is 22.0 Å². The van der Waals surface area contributed by atoms with Gasteiger partial charge in [0.25, 0.3) is 0 Å². The number of carboxylic acid groups (broad SMARTS) is 1. The average molecular weight is 299 g/mol. The van der Waals surface area contributed by atoms with Crippen molar-refractivity contribution < 1.29 is 9.90 Å². The van der Waals surface area contributed by atoms with Crippen LogP contribution in [0, 0.1) is 0 Å². The van der Waals surface area contributed by atoms with Gasteiger partial charge in [-0.3, -0.25) is 0 Å². The maximum absolute atomic E-state index is 10.4. The molecule has 0 bridgehead atoms. The molecule has 6 heteroatoms. The lowest BCUT2D eigenvalue weighted by Crippen LogP contribution is -1.92. The highest BCUT2D eigenvalue weighted by Gasteiger charge is 2.09. The van der Waals surface area contributed by atoms with E-state index < -0.39 is 5.97 Å². The molecule has 2 heterocycles. The fourth-order valence-corrected chi connectivity index (χ4v) is 3.07. The molecule has 2 aromatic heterocycles. The predicted octanol–water partition coefficient (Wildman–Crippen LogP) is 2.74. The van der Waals surface area contributed by atoms with E-state index in [2.05, 4.69) is 20.9 Å². The summed E-state index contributed by atoms with van der Waals surface area (Å²) in [6, 6.07) is 0. The zero-order valence-corrected chi connectivity index (χ0v) is 10.4. The number of carbonyl (C=O) groups is 1. The first kappa shape index (κ1) is 11.1. The third kappa shape index (κ3) is 1.94. The lowest BCUT2D eigenvalue weighted by Gasteiger charge is -1.99. The Balaban J connectivity index is 2.64. The minimum absolute atomic E-state index is 0.440. The van der Waals surface area contributed by atoms with Crippen LogP contribution < -0.4 is 5.73 Å². The number of nitrogens with zero attached hydrogens (tertiary/aromatic N) is 1. The molecule has 0 aliphatic carbocycles. The lowest BCUT2D eigenvalue weighted by atomic mass is 10.2. The molecule has 0 aliphatic rings. The number of rotatable bonds is 2. The van der Waals surface area contributed by atoms with E-state index in [0.29, 0.717) is 5.82 Å². The van der Waals surface area contributed by atoms with E-state index in [4.69, 9.17) is 10.8 Å². The second-order valence-electron chi connectivity index (χ2n) is 3.06. The number of anilines is 1. The predicted molar refractivity (Wildman–Crippen MR) is 68.4 cm³/mol. The molecule has 0 aromatic carbocycles. The number of aromatic nitrogens is 1. The van der Waals surface area contributed by atoms with Gasteiger partial charge < -0.3 is 10.8 Å². The van der Waals surface area contributed by atoms with Gasteiger partial charge >= 0.3 is 5.97 Å². The van der Waals surface area contributed by atoms with Crippen LogP contribution in [-0.2, 0) is 4.79 Å². The quantitative estimate of drug-likeness (QED) is 0.836. The molecule has 0 radical (unpaired) electrons. The fourth-order valence-electron chi connectivity index (χ4n) is 1.33. The Bertz CT molecular complexity index is 592. The van der Waals surface area contributed by atoms with Gasteiger partial charge in [0.05, 0.1) is 0 Å². The summed E-state index contributed by atoms with van der Waals surface area (Å²) in [4.78, 5) is 14.5. The number of pyridine rings is 1. The Kier molecular flexibility index (Phi) is 2.93. The molecule has 3 N–H and O–H groups in total. The van der Waals surface area contributed by atoms with Crippen LogP contribution in [0.1, 0.15) is 5.56 Å². The van der Waals surface area contributed by atoms with Gasteiger partial charge in [-0.1, -0.05) is 0 Å². The molecule has 16 heavy (non-hydrogen) atoms. The van der Waals surface area contributed by atoms with Crippen molar-refractivity contribution in [3.05, 3.63) is 27.7 Å². The van der Waals surface area contributed by atoms with E-state index in [1.54, 1.807) is 6.20 Å². The zero-order chi connectivity index (χ0) is 11.7. The highest BCUT2D eigenvalue weighted by molar-refractivity contribution is 9.10. The summed E-state index contributed by atoms with van der Waals surface area (Å²) < 4.78 is 1.81. The first-order valence-electron chi connectivity index (χ1n) is 4.32. The van der Waals surface area contributed by atoms with Gasteiger partial charge in [-0.2, -0.15) is 0 Å². The minimum atomic E-state index is -0.986. The smallest absolute Gasteiger partial charge is 0.328 e. The van der Waals surface area contributed by atoms with Crippen molar-refractivity contribution in [3.8, 4) is 0 Å². The van der Waals surface area contributed by atoms with Crippen LogP contribution in [0.15, 0.2) is 22.1 Å². The van der Waals surface area contributed by atoms with Gasteiger partial charge in [0.2, 0.25) is 0 Å². The third-order valence-corrected chi connectivity index (χ3v) is 3.97. The van der Waals surface area contributed by atoms with Crippen molar-refractivity contribution in [1.82, 2.24) is 4.98 Å². The number of halogens is 1. The maximum Gasteiger partial charge on any atom is 0.328 e.